The van der Waals surface area contributed by atoms with E-state index in [1.807, 2.05) is 30.3 Å². The summed E-state index contributed by atoms with van der Waals surface area (Å²) >= 11 is 1.24. The van der Waals surface area contributed by atoms with Crippen LogP contribution in [0.4, 0.5) is 0 Å². The van der Waals surface area contributed by atoms with Crippen molar-refractivity contribution in [3.8, 4) is 10.6 Å². The molecule has 0 aliphatic heterocycles. The lowest BCUT2D eigenvalue weighted by Crippen LogP contribution is -2.30. The van der Waals surface area contributed by atoms with Gasteiger partial charge >= 0.3 is 5.97 Å². The van der Waals surface area contributed by atoms with Crippen LogP contribution in [0.1, 0.15) is 22.3 Å². The number of aryl methyl sites for hydroxylation is 1. The van der Waals surface area contributed by atoms with E-state index in [0.717, 1.165) is 10.6 Å². The van der Waals surface area contributed by atoms with Crippen LogP contribution in [-0.2, 0) is 9.53 Å². The average molecular weight is 290 g/mol. The molecule has 1 aromatic carbocycles. The molecular weight excluding hydrogens is 276 g/mol. The number of hydrogen-bond donors (Lipinski definition) is 1. The first kappa shape index (κ1) is 14.2. The Morgan fingerprint density at radius 3 is 2.55 bits per heavy atom. The van der Waals surface area contributed by atoms with Crippen molar-refractivity contribution in [3.05, 3.63) is 40.9 Å². The third-order valence-corrected chi connectivity index (χ3v) is 3.87. The fourth-order valence-corrected chi connectivity index (χ4v) is 2.52. The van der Waals surface area contributed by atoms with Crippen molar-refractivity contribution in [1.82, 2.24) is 4.98 Å². The molecule has 0 saturated carbocycles. The van der Waals surface area contributed by atoms with Crippen LogP contribution in [-0.4, -0.2) is 23.0 Å². The van der Waals surface area contributed by atoms with Gasteiger partial charge in [-0.15, -0.1) is 11.3 Å². The molecule has 0 bridgehead atoms. The maximum atomic E-state index is 12.0. The molecule has 0 radical (unpaired) electrons. The highest BCUT2D eigenvalue weighted by molar-refractivity contribution is 7.17. The van der Waals surface area contributed by atoms with E-state index in [4.69, 9.17) is 10.5 Å². The molecule has 104 valence electrons. The first-order valence-corrected chi connectivity index (χ1v) is 6.84. The third kappa shape index (κ3) is 3.03. The molecule has 2 aromatic rings. The fourth-order valence-electron chi connectivity index (χ4n) is 1.56. The Labute approximate surface area is 120 Å². The third-order valence-electron chi connectivity index (χ3n) is 2.69. The minimum Gasteiger partial charge on any atom is -0.448 e. The number of esters is 1. The summed E-state index contributed by atoms with van der Waals surface area (Å²) < 4.78 is 4.98. The summed E-state index contributed by atoms with van der Waals surface area (Å²) in [5.41, 5.74) is 6.58. The molecule has 1 aromatic heterocycles. The topological polar surface area (TPSA) is 82.3 Å². The van der Waals surface area contributed by atoms with E-state index in [2.05, 4.69) is 4.98 Å². The number of hydrogen-bond acceptors (Lipinski definition) is 5. The van der Waals surface area contributed by atoms with E-state index in [0.29, 0.717) is 10.6 Å². The number of amides is 1. The zero-order chi connectivity index (χ0) is 14.7. The van der Waals surface area contributed by atoms with Crippen LogP contribution >= 0.6 is 11.3 Å². The van der Waals surface area contributed by atoms with Gasteiger partial charge in [-0.25, -0.2) is 9.78 Å². The quantitative estimate of drug-likeness (QED) is 0.875. The smallest absolute Gasteiger partial charge is 0.351 e. The fraction of sp³-hybridized carbons (Fsp3) is 0.214. The van der Waals surface area contributed by atoms with E-state index in [1.54, 1.807) is 6.92 Å². The summed E-state index contributed by atoms with van der Waals surface area (Å²) in [6.07, 6.45) is -0.954. The van der Waals surface area contributed by atoms with Gasteiger partial charge < -0.3 is 10.5 Å². The molecule has 20 heavy (non-hydrogen) atoms. The Hall–Kier alpha value is -2.21. The van der Waals surface area contributed by atoms with Crippen LogP contribution in [0.2, 0.25) is 0 Å². The van der Waals surface area contributed by atoms with Crippen LogP contribution in [0.3, 0.4) is 0 Å². The van der Waals surface area contributed by atoms with Crippen LogP contribution in [0, 0.1) is 6.92 Å². The van der Waals surface area contributed by atoms with Gasteiger partial charge in [0.15, 0.2) is 6.10 Å². The predicted molar refractivity (Wildman–Crippen MR) is 76.4 cm³/mol. The van der Waals surface area contributed by atoms with Gasteiger partial charge in [0.25, 0.3) is 5.91 Å². The SMILES string of the molecule is Cc1nc(-c2ccccc2)sc1C(=O)O[C@@H](C)C(N)=O. The number of primary amides is 1. The number of benzene rings is 1. The molecule has 1 heterocycles. The van der Waals surface area contributed by atoms with Gasteiger partial charge in [0.2, 0.25) is 0 Å². The molecule has 2 N–H and O–H groups in total. The van der Waals surface area contributed by atoms with Crippen molar-refractivity contribution in [2.75, 3.05) is 0 Å². The van der Waals surface area contributed by atoms with Gasteiger partial charge in [-0.1, -0.05) is 30.3 Å². The number of carbonyl (C=O) groups is 2. The largest absolute Gasteiger partial charge is 0.448 e. The molecule has 0 spiro atoms. The minimum atomic E-state index is -0.954. The van der Waals surface area contributed by atoms with Crippen molar-refractivity contribution in [1.29, 1.82) is 0 Å². The molecule has 5 nitrogen and oxygen atoms in total. The molecule has 1 amide bonds. The second-order valence-electron chi connectivity index (χ2n) is 4.25. The number of aromatic nitrogens is 1. The van der Waals surface area contributed by atoms with Gasteiger partial charge in [-0.3, -0.25) is 4.79 Å². The molecule has 0 fully saturated rings. The van der Waals surface area contributed by atoms with Gasteiger partial charge in [-0.2, -0.15) is 0 Å². The highest BCUT2D eigenvalue weighted by Gasteiger charge is 2.21. The lowest BCUT2D eigenvalue weighted by atomic mass is 10.2. The van der Waals surface area contributed by atoms with E-state index < -0.39 is 18.0 Å². The Bertz CT molecular complexity index is 637. The maximum absolute atomic E-state index is 12.0. The summed E-state index contributed by atoms with van der Waals surface area (Å²) in [5.74, 6) is -1.25. The zero-order valence-corrected chi connectivity index (χ0v) is 11.9. The number of nitrogens with zero attached hydrogens (tertiary/aromatic N) is 1. The lowest BCUT2D eigenvalue weighted by Gasteiger charge is -2.08. The molecular formula is C14H14N2O3S. The van der Waals surface area contributed by atoms with Gasteiger partial charge in [0.05, 0.1) is 5.69 Å². The van der Waals surface area contributed by atoms with Gasteiger partial charge in [0.1, 0.15) is 9.88 Å². The maximum Gasteiger partial charge on any atom is 0.351 e. The monoisotopic (exact) mass is 290 g/mol. The number of rotatable bonds is 4. The molecule has 0 aliphatic rings. The first-order valence-electron chi connectivity index (χ1n) is 6.02. The lowest BCUT2D eigenvalue weighted by molar-refractivity contribution is -0.125. The highest BCUT2D eigenvalue weighted by atomic mass is 32.1. The van der Waals surface area contributed by atoms with Crippen molar-refractivity contribution >= 4 is 23.2 Å². The van der Waals surface area contributed by atoms with Crippen LogP contribution in [0.15, 0.2) is 30.3 Å². The normalized spacial score (nSPS) is 11.9. The minimum absolute atomic E-state index is 0.386. The highest BCUT2D eigenvalue weighted by Crippen LogP contribution is 2.28. The van der Waals surface area contributed by atoms with E-state index >= 15 is 0 Å². The van der Waals surface area contributed by atoms with Crippen molar-refractivity contribution < 1.29 is 14.3 Å². The number of nitrogens with two attached hydrogens (primary N) is 1. The molecule has 0 saturated heterocycles. The van der Waals surface area contributed by atoms with Gasteiger partial charge in [0, 0.05) is 5.56 Å². The van der Waals surface area contributed by atoms with Crippen LogP contribution < -0.4 is 5.73 Å². The Kier molecular flexibility index (Phi) is 4.14. The first-order chi connectivity index (χ1) is 9.49. The zero-order valence-electron chi connectivity index (χ0n) is 11.1. The molecule has 6 heteroatoms. The standard InChI is InChI=1S/C14H14N2O3S/c1-8-11(14(18)19-9(2)12(15)17)20-13(16-8)10-6-4-3-5-7-10/h3-7,9H,1-2H3,(H2,15,17)/t9-/m0/s1. The molecule has 0 unspecified atom stereocenters. The summed E-state index contributed by atoms with van der Waals surface area (Å²) in [4.78, 5) is 27.6. The van der Waals surface area contributed by atoms with E-state index in [9.17, 15) is 9.59 Å². The molecule has 1 atom stereocenters. The average Bonchev–Trinajstić information content (AvgIpc) is 2.81. The van der Waals surface area contributed by atoms with Crippen LogP contribution in [0.5, 0.6) is 0 Å². The summed E-state index contributed by atoms with van der Waals surface area (Å²) in [5, 5.41) is 0.738. The Morgan fingerprint density at radius 1 is 1.30 bits per heavy atom. The van der Waals surface area contributed by atoms with Crippen molar-refractivity contribution in [2.45, 2.75) is 20.0 Å². The van der Waals surface area contributed by atoms with Gasteiger partial charge in [-0.05, 0) is 13.8 Å². The predicted octanol–water partition coefficient (Wildman–Crippen LogP) is 2.15. The van der Waals surface area contributed by atoms with Crippen molar-refractivity contribution in [2.24, 2.45) is 5.73 Å². The number of thiazole rings is 1. The van der Waals surface area contributed by atoms with E-state index in [-0.39, 0.29) is 0 Å². The summed E-state index contributed by atoms with van der Waals surface area (Å²) in [7, 11) is 0. The summed E-state index contributed by atoms with van der Waals surface area (Å²) in [6.45, 7) is 3.17. The van der Waals surface area contributed by atoms with E-state index in [1.165, 1.54) is 18.3 Å². The second-order valence-corrected chi connectivity index (χ2v) is 5.25. The molecule has 2 rings (SSSR count). The van der Waals surface area contributed by atoms with Crippen LogP contribution in [0.25, 0.3) is 10.6 Å². The Morgan fingerprint density at radius 2 is 1.95 bits per heavy atom. The molecule has 0 aliphatic carbocycles. The summed E-state index contributed by atoms with van der Waals surface area (Å²) in [6, 6.07) is 9.55. The Balaban J connectivity index is 2.24. The second kappa shape index (κ2) is 5.83. The number of ether oxygens (including phenoxy) is 1. The number of carbonyl (C=O) groups excluding carboxylic acids is 2. The van der Waals surface area contributed by atoms with Crippen molar-refractivity contribution in [3.63, 3.8) is 0 Å².